The van der Waals surface area contributed by atoms with E-state index in [9.17, 15) is 4.79 Å². The van der Waals surface area contributed by atoms with Gasteiger partial charge in [-0.05, 0) is 81.4 Å². The number of amides is 1. The van der Waals surface area contributed by atoms with Gasteiger partial charge in [0.25, 0.3) is 0 Å². The van der Waals surface area contributed by atoms with Crippen molar-refractivity contribution in [1.29, 1.82) is 0 Å². The van der Waals surface area contributed by atoms with E-state index in [0.29, 0.717) is 5.69 Å². The molecular weight excluding hydrogens is 425 g/mol. The monoisotopic (exact) mass is 454 g/mol. The fourth-order valence-electron chi connectivity index (χ4n) is 4.04. The number of hydrogen-bond acceptors (Lipinski definition) is 2. The first-order valence-electron chi connectivity index (χ1n) is 11.1. The number of anilines is 1. The van der Waals surface area contributed by atoms with E-state index in [4.69, 9.17) is 4.74 Å². The molecule has 166 valence electrons. The van der Waals surface area contributed by atoms with Crippen LogP contribution in [-0.2, 0) is 4.74 Å². The van der Waals surface area contributed by atoms with E-state index in [1.807, 2.05) is 32.9 Å². The lowest BCUT2D eigenvalue weighted by atomic mass is 10.2. The van der Waals surface area contributed by atoms with Gasteiger partial charge in [0.05, 0.1) is 0 Å². The van der Waals surface area contributed by atoms with Crippen LogP contribution in [0.4, 0.5) is 10.5 Å². The van der Waals surface area contributed by atoms with Gasteiger partial charge < -0.3 is 4.74 Å². The number of nitrogens with one attached hydrogen (secondary N) is 1. The van der Waals surface area contributed by atoms with Crippen molar-refractivity contribution in [3.63, 3.8) is 0 Å². The zero-order chi connectivity index (χ0) is 23.3. The van der Waals surface area contributed by atoms with Crippen molar-refractivity contribution in [3.05, 3.63) is 115 Å². The van der Waals surface area contributed by atoms with E-state index in [2.05, 4.69) is 108 Å². The summed E-state index contributed by atoms with van der Waals surface area (Å²) in [6.07, 6.45) is -0.453. The molecule has 3 nitrogen and oxygen atoms in total. The Bertz CT molecular complexity index is 1090. The zero-order valence-electron chi connectivity index (χ0n) is 19.2. The van der Waals surface area contributed by atoms with Gasteiger partial charge in [-0.3, -0.25) is 5.32 Å². The van der Waals surface area contributed by atoms with E-state index < -0.39 is 19.0 Å². The first-order valence-corrected chi connectivity index (χ1v) is 12.8. The standard InChI is InChI=1S/C29H28NO2P/c1-29(2,3)32-28(31)30-23-19-21-27(22-20-23)33(24-13-7-4-8-14-24,25-15-9-5-10-16-25)26-17-11-6-12-18-26/h4-22H,1-3H3/p+1. The summed E-state index contributed by atoms with van der Waals surface area (Å²) in [5, 5.41) is 7.93. The molecule has 33 heavy (non-hydrogen) atoms. The maximum absolute atomic E-state index is 12.2. The molecule has 4 aromatic rings. The molecule has 4 aromatic carbocycles. The summed E-state index contributed by atoms with van der Waals surface area (Å²) in [5.41, 5.74) is 0.166. The van der Waals surface area contributed by atoms with Crippen molar-refractivity contribution < 1.29 is 9.53 Å². The second-order valence-electron chi connectivity index (χ2n) is 8.85. The lowest BCUT2D eigenvalue weighted by Gasteiger charge is -2.27. The van der Waals surface area contributed by atoms with Crippen LogP contribution < -0.4 is 26.5 Å². The molecule has 0 aromatic heterocycles. The first kappa shape index (κ1) is 22.8. The van der Waals surface area contributed by atoms with Crippen LogP contribution in [0.1, 0.15) is 20.8 Å². The van der Waals surface area contributed by atoms with Gasteiger partial charge in [0.2, 0.25) is 0 Å². The highest BCUT2D eigenvalue weighted by atomic mass is 31.2. The molecule has 0 heterocycles. The molecule has 0 fully saturated rings. The molecule has 0 radical (unpaired) electrons. The molecule has 0 aliphatic carbocycles. The topological polar surface area (TPSA) is 38.3 Å². The molecule has 0 spiro atoms. The van der Waals surface area contributed by atoms with Crippen molar-refractivity contribution in [2.45, 2.75) is 26.4 Å². The fraction of sp³-hybridized carbons (Fsp3) is 0.138. The predicted octanol–water partition coefficient (Wildman–Crippen LogP) is 5.65. The Kier molecular flexibility index (Phi) is 6.62. The molecule has 0 aliphatic rings. The number of ether oxygens (including phenoxy) is 1. The van der Waals surface area contributed by atoms with Crippen LogP contribution in [0.25, 0.3) is 0 Å². The Morgan fingerprint density at radius 2 is 0.970 bits per heavy atom. The highest BCUT2D eigenvalue weighted by Gasteiger charge is 2.47. The van der Waals surface area contributed by atoms with Gasteiger partial charge in [0.15, 0.2) is 0 Å². The molecular formula is C29H29NO2P+. The molecule has 0 saturated carbocycles. The van der Waals surface area contributed by atoms with Crippen LogP contribution >= 0.6 is 7.26 Å². The lowest BCUT2D eigenvalue weighted by Crippen LogP contribution is -2.38. The van der Waals surface area contributed by atoms with Crippen LogP contribution in [-0.4, -0.2) is 11.7 Å². The number of carbonyl (C=O) groups is 1. The van der Waals surface area contributed by atoms with Crippen molar-refractivity contribution in [2.24, 2.45) is 0 Å². The van der Waals surface area contributed by atoms with Crippen LogP contribution in [0.15, 0.2) is 115 Å². The Morgan fingerprint density at radius 1 is 0.606 bits per heavy atom. The quantitative estimate of drug-likeness (QED) is 0.396. The summed E-state index contributed by atoms with van der Waals surface area (Å²) in [6, 6.07) is 40.3. The van der Waals surface area contributed by atoms with E-state index in [1.165, 1.54) is 21.2 Å². The minimum absolute atomic E-state index is 0.453. The summed E-state index contributed by atoms with van der Waals surface area (Å²) >= 11 is 0. The van der Waals surface area contributed by atoms with Crippen LogP contribution in [0.5, 0.6) is 0 Å². The Morgan fingerprint density at radius 3 is 1.33 bits per heavy atom. The molecule has 0 aliphatic heterocycles. The molecule has 0 atom stereocenters. The highest BCUT2D eigenvalue weighted by Crippen LogP contribution is 2.54. The second kappa shape index (κ2) is 9.60. The van der Waals surface area contributed by atoms with Crippen molar-refractivity contribution in [2.75, 3.05) is 5.32 Å². The Labute approximate surface area is 196 Å². The summed E-state index contributed by atoms with van der Waals surface area (Å²) in [5.74, 6) is 0. The van der Waals surface area contributed by atoms with E-state index in [-0.39, 0.29) is 0 Å². The van der Waals surface area contributed by atoms with Gasteiger partial charge in [0.1, 0.15) is 34.1 Å². The minimum Gasteiger partial charge on any atom is -0.444 e. The number of carbonyl (C=O) groups excluding carboxylic acids is 1. The first-order chi connectivity index (χ1) is 15.9. The smallest absolute Gasteiger partial charge is 0.412 e. The molecule has 4 heteroatoms. The molecule has 0 unspecified atom stereocenters. The van der Waals surface area contributed by atoms with Crippen molar-refractivity contribution in [3.8, 4) is 0 Å². The third-order valence-electron chi connectivity index (χ3n) is 5.33. The second-order valence-corrected chi connectivity index (χ2v) is 12.3. The number of benzene rings is 4. The summed E-state index contributed by atoms with van der Waals surface area (Å²) in [4.78, 5) is 12.2. The van der Waals surface area contributed by atoms with Gasteiger partial charge in [-0.15, -0.1) is 0 Å². The third-order valence-corrected chi connectivity index (χ3v) is 9.62. The van der Waals surface area contributed by atoms with Crippen molar-refractivity contribution >= 4 is 40.3 Å². The van der Waals surface area contributed by atoms with Gasteiger partial charge in [0, 0.05) is 5.69 Å². The maximum Gasteiger partial charge on any atom is 0.412 e. The summed E-state index contributed by atoms with van der Waals surface area (Å²) < 4.78 is 5.40. The maximum atomic E-state index is 12.2. The van der Waals surface area contributed by atoms with Crippen LogP contribution in [0.2, 0.25) is 0 Å². The fourth-order valence-corrected chi connectivity index (χ4v) is 8.28. The molecule has 1 N–H and O–H groups in total. The minimum atomic E-state index is -2.14. The summed E-state index contributed by atoms with van der Waals surface area (Å²) in [6.45, 7) is 5.57. The number of rotatable bonds is 5. The SMILES string of the molecule is CC(C)(C)OC(=O)Nc1ccc([P+](c2ccccc2)(c2ccccc2)c2ccccc2)cc1. The lowest BCUT2D eigenvalue weighted by molar-refractivity contribution is 0.0636. The summed E-state index contributed by atoms with van der Waals surface area (Å²) in [7, 11) is -2.14. The van der Waals surface area contributed by atoms with E-state index >= 15 is 0 Å². The normalized spacial score (nSPS) is 11.6. The average Bonchev–Trinajstić information content (AvgIpc) is 2.82. The molecule has 0 saturated heterocycles. The van der Waals surface area contributed by atoms with Gasteiger partial charge in [-0.2, -0.15) is 0 Å². The molecule has 4 rings (SSSR count). The predicted molar refractivity (Wildman–Crippen MR) is 141 cm³/mol. The van der Waals surface area contributed by atoms with Gasteiger partial charge in [-0.1, -0.05) is 54.6 Å². The van der Waals surface area contributed by atoms with Gasteiger partial charge in [-0.25, -0.2) is 4.79 Å². The van der Waals surface area contributed by atoms with Crippen LogP contribution in [0.3, 0.4) is 0 Å². The number of hydrogen-bond donors (Lipinski definition) is 1. The van der Waals surface area contributed by atoms with E-state index in [1.54, 1.807) is 0 Å². The molecule has 1 amide bonds. The average molecular weight is 455 g/mol. The Hall–Kier alpha value is -3.42. The van der Waals surface area contributed by atoms with E-state index in [0.717, 1.165) is 0 Å². The molecule has 0 bridgehead atoms. The Balaban J connectivity index is 1.85. The largest absolute Gasteiger partial charge is 0.444 e. The van der Waals surface area contributed by atoms with Crippen molar-refractivity contribution in [1.82, 2.24) is 0 Å². The third kappa shape index (κ3) is 4.99. The van der Waals surface area contributed by atoms with Crippen LogP contribution in [0, 0.1) is 0 Å². The highest BCUT2D eigenvalue weighted by molar-refractivity contribution is 8.01. The zero-order valence-corrected chi connectivity index (χ0v) is 20.1. The van der Waals surface area contributed by atoms with Gasteiger partial charge >= 0.3 is 6.09 Å².